The molecule has 5 rings (SSSR count). The van der Waals surface area contributed by atoms with Gasteiger partial charge in [0, 0.05) is 11.6 Å². The molecule has 3 aromatic carbocycles. The van der Waals surface area contributed by atoms with Crippen LogP contribution in [0.3, 0.4) is 0 Å². The Balaban J connectivity index is 1.26. The van der Waals surface area contributed by atoms with Gasteiger partial charge < -0.3 is 19.7 Å². The minimum Gasteiger partial charge on any atom is -0.512 e. The van der Waals surface area contributed by atoms with Gasteiger partial charge in [0.25, 0.3) is 0 Å². The van der Waals surface area contributed by atoms with E-state index in [1.807, 2.05) is 19.1 Å². The highest BCUT2D eigenvalue weighted by atomic mass is 16.5. The number of methoxy groups -OCH3 is 1. The third-order valence-electron chi connectivity index (χ3n) is 7.50. The van der Waals surface area contributed by atoms with Crippen LogP contribution in [0.25, 0.3) is 22.5 Å². The van der Waals surface area contributed by atoms with Crippen molar-refractivity contribution >= 4 is 5.69 Å². The van der Waals surface area contributed by atoms with Gasteiger partial charge in [-0.2, -0.15) is 0 Å². The van der Waals surface area contributed by atoms with Crippen LogP contribution in [0.15, 0.2) is 89.7 Å². The summed E-state index contributed by atoms with van der Waals surface area (Å²) in [6.45, 7) is 7.93. The average molecular weight is 495 g/mol. The minimum absolute atomic E-state index is 0.234. The molecule has 190 valence electrons. The molecule has 5 heteroatoms. The highest BCUT2D eigenvalue weighted by molar-refractivity contribution is 5.76. The molecule has 0 aliphatic heterocycles. The maximum Gasteiger partial charge on any atom is 0.190 e. The first-order chi connectivity index (χ1) is 17.9. The molecule has 0 radical (unpaired) electrons. The second-order valence-corrected chi connectivity index (χ2v) is 10.1. The number of aryl methyl sites for hydroxylation is 2. The largest absolute Gasteiger partial charge is 0.512 e. The molecule has 37 heavy (non-hydrogen) atoms. The van der Waals surface area contributed by atoms with Gasteiger partial charge >= 0.3 is 0 Å². The van der Waals surface area contributed by atoms with Crippen LogP contribution in [0.1, 0.15) is 43.0 Å². The predicted octanol–water partition coefficient (Wildman–Crippen LogP) is 7.86. The number of nitrogens with zero attached hydrogens (tertiary/aromatic N) is 1. The second-order valence-electron chi connectivity index (χ2n) is 10.1. The number of benzene rings is 3. The number of aliphatic hydroxyl groups excluding tert-OH is 1. The number of ether oxygens (including phenoxy) is 1. The van der Waals surface area contributed by atoms with E-state index >= 15 is 0 Å². The Labute approximate surface area is 218 Å². The Morgan fingerprint density at radius 1 is 1.00 bits per heavy atom. The summed E-state index contributed by atoms with van der Waals surface area (Å²) in [7, 11) is 1.69. The van der Waals surface area contributed by atoms with E-state index in [2.05, 4.69) is 84.6 Å². The van der Waals surface area contributed by atoms with E-state index in [1.54, 1.807) is 7.11 Å². The van der Waals surface area contributed by atoms with Gasteiger partial charge in [0.05, 0.1) is 18.3 Å². The summed E-state index contributed by atoms with van der Waals surface area (Å²) in [5.41, 5.74) is 7.23. The fourth-order valence-corrected chi connectivity index (χ4v) is 4.90. The molecular weight excluding hydrogens is 460 g/mol. The van der Waals surface area contributed by atoms with Gasteiger partial charge in [0.1, 0.15) is 17.1 Å². The zero-order valence-corrected chi connectivity index (χ0v) is 21.8. The highest BCUT2D eigenvalue weighted by Gasteiger charge is 2.47. The maximum atomic E-state index is 9.98. The Morgan fingerprint density at radius 2 is 1.59 bits per heavy atom. The van der Waals surface area contributed by atoms with Crippen LogP contribution in [0.4, 0.5) is 5.69 Å². The molecule has 4 aromatic rings. The van der Waals surface area contributed by atoms with Crippen LogP contribution >= 0.6 is 0 Å². The van der Waals surface area contributed by atoms with Crippen molar-refractivity contribution in [1.82, 2.24) is 5.16 Å². The van der Waals surface area contributed by atoms with Crippen LogP contribution < -0.4 is 10.1 Å². The predicted molar refractivity (Wildman–Crippen MR) is 149 cm³/mol. The molecule has 0 amide bonds. The third kappa shape index (κ3) is 5.12. The Bertz CT molecular complexity index is 1370. The van der Waals surface area contributed by atoms with E-state index in [1.165, 1.54) is 5.56 Å². The van der Waals surface area contributed by atoms with E-state index < -0.39 is 0 Å². The van der Waals surface area contributed by atoms with Crippen molar-refractivity contribution in [3.05, 3.63) is 102 Å². The minimum atomic E-state index is -0.234. The van der Waals surface area contributed by atoms with E-state index in [0.717, 1.165) is 70.8 Å². The average Bonchev–Trinajstić information content (AvgIpc) is 3.67. The van der Waals surface area contributed by atoms with E-state index in [0.29, 0.717) is 0 Å². The standard InChI is InChI=1S/C32H34N2O3/c1-21(5-6-24-7-17-29(36-4)18-8-24)33-30-22(2)34-37-31(30)27-11-9-25(10-12-27)26-13-15-28(16-14-26)32(19-20-32)23(3)35/h7-18,21,33,35H,3,5-6,19-20H2,1-2,4H3. The normalized spacial score (nSPS) is 14.7. The molecule has 5 nitrogen and oxygen atoms in total. The zero-order chi connectivity index (χ0) is 26.0. The van der Waals surface area contributed by atoms with Crippen LogP contribution in [0.5, 0.6) is 5.75 Å². The summed E-state index contributed by atoms with van der Waals surface area (Å²) in [6.07, 6.45) is 3.88. The molecule has 2 N–H and O–H groups in total. The van der Waals surface area contributed by atoms with Gasteiger partial charge in [-0.1, -0.05) is 72.4 Å². The van der Waals surface area contributed by atoms with Crippen LogP contribution in [0, 0.1) is 6.92 Å². The van der Waals surface area contributed by atoms with Crippen molar-refractivity contribution < 1.29 is 14.4 Å². The van der Waals surface area contributed by atoms with Gasteiger partial charge in [-0.3, -0.25) is 0 Å². The number of allylic oxidation sites excluding steroid dienone is 1. The SMILES string of the molecule is C=C(O)C1(c2ccc(-c3ccc(-c4onc(C)c4NC(C)CCc4ccc(OC)cc4)cc3)cc2)CC1. The lowest BCUT2D eigenvalue weighted by atomic mass is 9.92. The molecule has 1 heterocycles. The van der Waals surface area contributed by atoms with Gasteiger partial charge in [-0.25, -0.2) is 0 Å². The summed E-state index contributed by atoms with van der Waals surface area (Å²) in [5, 5.41) is 17.8. The summed E-state index contributed by atoms with van der Waals surface area (Å²) in [4.78, 5) is 0. The lowest BCUT2D eigenvalue weighted by Gasteiger charge is -2.16. The van der Waals surface area contributed by atoms with Gasteiger partial charge in [-0.15, -0.1) is 0 Å². The topological polar surface area (TPSA) is 67.5 Å². The lowest BCUT2D eigenvalue weighted by Crippen LogP contribution is -2.16. The van der Waals surface area contributed by atoms with Crippen molar-refractivity contribution in [3.63, 3.8) is 0 Å². The first-order valence-electron chi connectivity index (χ1n) is 12.8. The Kier molecular flexibility index (Phi) is 6.79. The first kappa shape index (κ1) is 24.7. The number of aliphatic hydroxyl groups is 1. The van der Waals surface area contributed by atoms with E-state index in [-0.39, 0.29) is 17.2 Å². The third-order valence-corrected chi connectivity index (χ3v) is 7.50. The molecule has 1 atom stereocenters. The van der Waals surface area contributed by atoms with Crippen molar-refractivity contribution in [2.45, 2.75) is 51.0 Å². The van der Waals surface area contributed by atoms with E-state index in [9.17, 15) is 5.11 Å². The van der Waals surface area contributed by atoms with Gasteiger partial charge in [-0.05, 0) is 73.9 Å². The fraction of sp³-hybridized carbons (Fsp3) is 0.281. The Morgan fingerprint density at radius 3 is 2.16 bits per heavy atom. The molecule has 1 aliphatic carbocycles. The maximum absolute atomic E-state index is 9.98. The summed E-state index contributed by atoms with van der Waals surface area (Å²) in [5.74, 6) is 1.90. The number of hydrogen-bond acceptors (Lipinski definition) is 5. The summed E-state index contributed by atoms with van der Waals surface area (Å²) in [6, 6.07) is 25.3. The molecule has 1 aliphatic rings. The molecule has 0 bridgehead atoms. The highest BCUT2D eigenvalue weighted by Crippen LogP contribution is 2.52. The molecule has 1 fully saturated rings. The monoisotopic (exact) mass is 494 g/mol. The Hall–Kier alpha value is -3.99. The smallest absolute Gasteiger partial charge is 0.190 e. The quantitative estimate of drug-likeness (QED) is 0.220. The second kappa shape index (κ2) is 10.2. The van der Waals surface area contributed by atoms with Gasteiger partial charge in [0.15, 0.2) is 5.76 Å². The first-order valence-corrected chi connectivity index (χ1v) is 12.8. The molecule has 0 spiro atoms. The zero-order valence-electron chi connectivity index (χ0n) is 21.8. The number of anilines is 1. The van der Waals surface area contributed by atoms with Crippen molar-refractivity contribution in [1.29, 1.82) is 0 Å². The van der Waals surface area contributed by atoms with Crippen LogP contribution in [-0.2, 0) is 11.8 Å². The van der Waals surface area contributed by atoms with Crippen molar-refractivity contribution in [3.8, 4) is 28.2 Å². The van der Waals surface area contributed by atoms with Crippen molar-refractivity contribution in [2.75, 3.05) is 12.4 Å². The number of hydrogen-bond donors (Lipinski definition) is 2. The molecule has 0 saturated heterocycles. The van der Waals surface area contributed by atoms with Crippen molar-refractivity contribution in [2.24, 2.45) is 0 Å². The molecule has 1 unspecified atom stereocenters. The lowest BCUT2D eigenvalue weighted by molar-refractivity contribution is 0.362. The fourth-order valence-electron chi connectivity index (χ4n) is 4.90. The number of nitrogens with one attached hydrogen (secondary N) is 1. The van der Waals surface area contributed by atoms with Crippen LogP contribution in [0.2, 0.25) is 0 Å². The molecule has 1 aromatic heterocycles. The molecular formula is C32H34N2O3. The van der Waals surface area contributed by atoms with E-state index in [4.69, 9.17) is 9.26 Å². The summed E-state index contributed by atoms with van der Waals surface area (Å²) >= 11 is 0. The summed E-state index contributed by atoms with van der Waals surface area (Å²) < 4.78 is 11.0. The van der Waals surface area contributed by atoms with Gasteiger partial charge in [0.2, 0.25) is 0 Å². The van der Waals surface area contributed by atoms with Crippen LogP contribution in [-0.4, -0.2) is 23.4 Å². The number of rotatable bonds is 10. The molecule has 1 saturated carbocycles. The number of aromatic nitrogens is 1.